The van der Waals surface area contributed by atoms with Crippen molar-refractivity contribution in [1.82, 2.24) is 15.3 Å². The molecular weight excluding hydrogens is 236 g/mol. The van der Waals surface area contributed by atoms with Crippen molar-refractivity contribution >= 4 is 16.7 Å². The van der Waals surface area contributed by atoms with Crippen LogP contribution < -0.4 is 10.2 Å². The van der Waals surface area contributed by atoms with Gasteiger partial charge in [0, 0.05) is 18.8 Å². The zero-order valence-corrected chi connectivity index (χ0v) is 11.2. The number of hydrogen-bond donors (Lipinski definition) is 2. The Labute approximate surface area is 113 Å². The topological polar surface area (TPSA) is 44.0 Å². The van der Waals surface area contributed by atoms with Crippen LogP contribution in [0.4, 0.5) is 5.69 Å². The van der Waals surface area contributed by atoms with Gasteiger partial charge in [-0.25, -0.2) is 4.98 Å². The molecule has 2 aliphatic rings. The van der Waals surface area contributed by atoms with Gasteiger partial charge < -0.3 is 15.2 Å². The fraction of sp³-hybridized carbons (Fsp3) is 0.533. The average molecular weight is 256 g/mol. The van der Waals surface area contributed by atoms with Gasteiger partial charge in [0.2, 0.25) is 0 Å². The molecule has 2 saturated heterocycles. The van der Waals surface area contributed by atoms with Gasteiger partial charge in [-0.2, -0.15) is 0 Å². The third-order valence-electron chi connectivity index (χ3n) is 4.35. The smallest absolute Gasteiger partial charge is 0.124 e. The third kappa shape index (κ3) is 2.00. The molecule has 0 spiro atoms. The van der Waals surface area contributed by atoms with Crippen LogP contribution >= 0.6 is 0 Å². The molecule has 4 rings (SSSR count). The molecule has 0 amide bonds. The Morgan fingerprint density at radius 2 is 2.05 bits per heavy atom. The van der Waals surface area contributed by atoms with Crippen LogP contribution in [0.3, 0.4) is 0 Å². The molecule has 19 heavy (non-hydrogen) atoms. The minimum atomic E-state index is 0.419. The summed E-state index contributed by atoms with van der Waals surface area (Å²) in [6.07, 6.45) is 5.08. The normalized spacial score (nSPS) is 23.6. The molecule has 4 nitrogen and oxygen atoms in total. The molecule has 2 N–H and O–H groups in total. The summed E-state index contributed by atoms with van der Waals surface area (Å²) in [4.78, 5) is 10.7. The number of benzene rings is 1. The Hall–Kier alpha value is -1.55. The van der Waals surface area contributed by atoms with E-state index in [0.29, 0.717) is 6.04 Å². The van der Waals surface area contributed by atoms with E-state index in [4.69, 9.17) is 4.98 Å². The zero-order valence-electron chi connectivity index (χ0n) is 11.2. The van der Waals surface area contributed by atoms with E-state index in [-0.39, 0.29) is 0 Å². The summed E-state index contributed by atoms with van der Waals surface area (Å²) in [5.41, 5.74) is 3.60. The van der Waals surface area contributed by atoms with Crippen LogP contribution in [0.25, 0.3) is 11.0 Å². The van der Waals surface area contributed by atoms with Gasteiger partial charge in [0.15, 0.2) is 0 Å². The summed E-state index contributed by atoms with van der Waals surface area (Å²) in [5.74, 6) is 1.10. The summed E-state index contributed by atoms with van der Waals surface area (Å²) in [6, 6.07) is 7.03. The Balaban J connectivity index is 1.68. The molecule has 2 aliphatic heterocycles. The van der Waals surface area contributed by atoms with Crippen LogP contribution in [0.1, 0.15) is 37.5 Å². The average Bonchev–Trinajstić information content (AvgIpc) is 3.18. The Morgan fingerprint density at radius 3 is 2.84 bits per heavy atom. The van der Waals surface area contributed by atoms with Crippen molar-refractivity contribution in [2.45, 2.75) is 31.7 Å². The molecule has 100 valence electrons. The van der Waals surface area contributed by atoms with Gasteiger partial charge in [-0.3, -0.25) is 0 Å². The number of nitrogens with one attached hydrogen (secondary N) is 2. The van der Waals surface area contributed by atoms with Gasteiger partial charge in [0.05, 0.1) is 17.1 Å². The lowest BCUT2D eigenvalue weighted by Crippen LogP contribution is -2.17. The lowest BCUT2D eigenvalue weighted by Gasteiger charge is -2.17. The van der Waals surface area contributed by atoms with Crippen molar-refractivity contribution < 1.29 is 0 Å². The summed E-state index contributed by atoms with van der Waals surface area (Å²) in [5, 5.41) is 3.50. The van der Waals surface area contributed by atoms with Crippen molar-refractivity contribution in [3.63, 3.8) is 0 Å². The van der Waals surface area contributed by atoms with E-state index in [1.165, 1.54) is 50.0 Å². The summed E-state index contributed by atoms with van der Waals surface area (Å²) in [7, 11) is 0. The lowest BCUT2D eigenvalue weighted by atomic mass is 10.2. The largest absolute Gasteiger partial charge is 0.371 e. The second-order valence-electron chi connectivity index (χ2n) is 5.67. The quantitative estimate of drug-likeness (QED) is 0.868. The first-order valence-corrected chi connectivity index (χ1v) is 7.38. The molecule has 1 unspecified atom stereocenters. The maximum Gasteiger partial charge on any atom is 0.124 e. The number of anilines is 1. The van der Waals surface area contributed by atoms with Crippen LogP contribution in [0.2, 0.25) is 0 Å². The number of H-pyrrole nitrogens is 1. The van der Waals surface area contributed by atoms with Gasteiger partial charge in [-0.1, -0.05) is 0 Å². The second kappa shape index (κ2) is 4.53. The predicted molar refractivity (Wildman–Crippen MR) is 77.5 cm³/mol. The first kappa shape index (κ1) is 11.3. The van der Waals surface area contributed by atoms with E-state index in [2.05, 4.69) is 33.4 Å². The molecular formula is C15H20N4. The van der Waals surface area contributed by atoms with E-state index >= 15 is 0 Å². The molecule has 0 radical (unpaired) electrons. The lowest BCUT2D eigenvalue weighted by molar-refractivity contribution is 0.614. The highest BCUT2D eigenvalue weighted by Crippen LogP contribution is 2.27. The van der Waals surface area contributed by atoms with Crippen molar-refractivity contribution in [2.24, 2.45) is 0 Å². The first-order valence-electron chi connectivity index (χ1n) is 7.38. The van der Waals surface area contributed by atoms with Crippen molar-refractivity contribution in [2.75, 3.05) is 24.5 Å². The van der Waals surface area contributed by atoms with Gasteiger partial charge >= 0.3 is 0 Å². The number of fused-ring (bicyclic) bond motifs is 1. The number of nitrogens with zero attached hydrogens (tertiary/aromatic N) is 2. The molecule has 0 aliphatic carbocycles. The summed E-state index contributed by atoms with van der Waals surface area (Å²) < 4.78 is 0. The number of hydrogen-bond acceptors (Lipinski definition) is 3. The third-order valence-corrected chi connectivity index (χ3v) is 4.35. The van der Waals surface area contributed by atoms with Gasteiger partial charge in [0.1, 0.15) is 5.82 Å². The Kier molecular flexibility index (Phi) is 2.69. The second-order valence-corrected chi connectivity index (χ2v) is 5.67. The molecule has 0 saturated carbocycles. The fourth-order valence-corrected chi connectivity index (χ4v) is 3.27. The van der Waals surface area contributed by atoms with Crippen molar-refractivity contribution in [3.8, 4) is 0 Å². The van der Waals surface area contributed by atoms with E-state index < -0.39 is 0 Å². The number of aromatic nitrogens is 2. The van der Waals surface area contributed by atoms with E-state index in [9.17, 15) is 0 Å². The number of rotatable bonds is 2. The molecule has 1 atom stereocenters. The molecule has 2 aromatic rings. The summed E-state index contributed by atoms with van der Waals surface area (Å²) in [6.45, 7) is 3.49. The zero-order chi connectivity index (χ0) is 12.7. The van der Waals surface area contributed by atoms with Gasteiger partial charge in [0.25, 0.3) is 0 Å². The minimum Gasteiger partial charge on any atom is -0.371 e. The molecule has 2 fully saturated rings. The highest BCUT2D eigenvalue weighted by molar-refractivity contribution is 5.79. The maximum atomic E-state index is 4.73. The minimum absolute atomic E-state index is 0.419. The van der Waals surface area contributed by atoms with Crippen LogP contribution in [0.15, 0.2) is 18.2 Å². The van der Waals surface area contributed by atoms with Gasteiger partial charge in [-0.05, 0) is 50.4 Å². The van der Waals surface area contributed by atoms with Crippen LogP contribution in [0.5, 0.6) is 0 Å². The summed E-state index contributed by atoms with van der Waals surface area (Å²) >= 11 is 0. The monoisotopic (exact) mass is 256 g/mol. The van der Waals surface area contributed by atoms with Crippen molar-refractivity contribution in [3.05, 3.63) is 24.0 Å². The van der Waals surface area contributed by atoms with Crippen LogP contribution in [-0.2, 0) is 0 Å². The predicted octanol–water partition coefficient (Wildman–Crippen LogP) is 2.59. The molecule has 4 heteroatoms. The van der Waals surface area contributed by atoms with Crippen LogP contribution in [-0.4, -0.2) is 29.6 Å². The van der Waals surface area contributed by atoms with Crippen LogP contribution in [0, 0.1) is 0 Å². The standard InChI is InChI=1S/C15H20N4/c1-2-9-19(8-1)11-5-6-12-14(10-11)18-15(17-12)13-4-3-7-16-13/h5-6,10,13,16H,1-4,7-9H2,(H,17,18). The number of imidazole rings is 1. The van der Waals surface area contributed by atoms with Gasteiger partial charge in [-0.15, -0.1) is 0 Å². The molecule has 0 bridgehead atoms. The van der Waals surface area contributed by atoms with E-state index in [1.807, 2.05) is 0 Å². The molecule has 3 heterocycles. The fourth-order valence-electron chi connectivity index (χ4n) is 3.27. The highest BCUT2D eigenvalue weighted by Gasteiger charge is 2.20. The van der Waals surface area contributed by atoms with Crippen molar-refractivity contribution in [1.29, 1.82) is 0 Å². The maximum absolute atomic E-state index is 4.73. The Morgan fingerprint density at radius 1 is 1.16 bits per heavy atom. The first-order chi connectivity index (χ1) is 9.40. The van der Waals surface area contributed by atoms with E-state index in [0.717, 1.165) is 17.9 Å². The highest BCUT2D eigenvalue weighted by atomic mass is 15.1. The SMILES string of the molecule is c1cc2nc(C3CCCN3)[nH]c2cc1N1CCCC1. The molecule has 1 aromatic carbocycles. The Bertz CT molecular complexity index is 563. The number of aromatic amines is 1. The molecule has 1 aromatic heterocycles. The van der Waals surface area contributed by atoms with E-state index in [1.54, 1.807) is 0 Å².